The Morgan fingerprint density at radius 3 is 2.12 bits per heavy atom. The summed E-state index contributed by atoms with van der Waals surface area (Å²) in [5.41, 5.74) is 0. The zero-order valence-electron chi connectivity index (χ0n) is 14.8. The molecule has 0 aliphatic heterocycles. The largest absolute Gasteiger partial charge is 0.478 e. The van der Waals surface area contributed by atoms with Crippen LogP contribution >= 0.6 is 0 Å². The van der Waals surface area contributed by atoms with Gasteiger partial charge in [-0.15, -0.1) is 0 Å². The third-order valence-electron chi connectivity index (χ3n) is 3.61. The number of carboxylic acid groups (broad SMARTS) is 1. The second-order valence-electron chi connectivity index (χ2n) is 5.77. The van der Waals surface area contributed by atoms with Gasteiger partial charge < -0.3 is 5.11 Å². The lowest BCUT2D eigenvalue weighted by atomic mass is 10.0. The monoisotopic (exact) mass is 336 g/mol. The lowest BCUT2D eigenvalue weighted by Gasteiger charge is -2.10. The van der Waals surface area contributed by atoms with Crippen molar-refractivity contribution in [3.05, 3.63) is 48.6 Å². The minimum Gasteiger partial charge on any atom is -0.478 e. The molecule has 0 saturated heterocycles. The zero-order chi connectivity index (χ0) is 17.9. The van der Waals surface area contributed by atoms with Gasteiger partial charge in [-0.25, -0.2) is 9.68 Å². The van der Waals surface area contributed by atoms with Crippen molar-refractivity contribution in [3.8, 4) is 0 Å². The first-order valence-corrected chi connectivity index (χ1v) is 8.90. The van der Waals surface area contributed by atoms with E-state index in [9.17, 15) is 4.79 Å². The first-order chi connectivity index (χ1) is 11.7. The highest BCUT2D eigenvalue weighted by molar-refractivity contribution is 5.80. The van der Waals surface area contributed by atoms with E-state index < -0.39 is 5.97 Å². The molecular formula is C20H32O4. The van der Waals surface area contributed by atoms with E-state index in [1.165, 1.54) is 44.6 Å². The number of unbranched alkanes of at least 4 members (excludes halogenated alkanes) is 6. The maximum Gasteiger partial charge on any atom is 0.328 e. The van der Waals surface area contributed by atoms with E-state index in [4.69, 9.17) is 10.4 Å². The van der Waals surface area contributed by atoms with Crippen LogP contribution in [0.2, 0.25) is 0 Å². The summed E-state index contributed by atoms with van der Waals surface area (Å²) in [7, 11) is 0. The Morgan fingerprint density at radius 2 is 1.50 bits per heavy atom. The molecule has 24 heavy (non-hydrogen) atoms. The molecule has 0 fully saturated rings. The van der Waals surface area contributed by atoms with Crippen LogP contribution in [-0.4, -0.2) is 22.4 Å². The van der Waals surface area contributed by atoms with Gasteiger partial charge in [0.1, 0.15) is 0 Å². The Kier molecular flexibility index (Phi) is 16.5. The van der Waals surface area contributed by atoms with Crippen LogP contribution in [0, 0.1) is 0 Å². The fourth-order valence-electron chi connectivity index (χ4n) is 2.25. The molecule has 0 aliphatic carbocycles. The summed E-state index contributed by atoms with van der Waals surface area (Å²) in [6, 6.07) is 0. The molecule has 4 nitrogen and oxygen atoms in total. The van der Waals surface area contributed by atoms with Gasteiger partial charge >= 0.3 is 5.97 Å². The Balaban J connectivity index is 3.74. The minimum atomic E-state index is -0.959. The van der Waals surface area contributed by atoms with Crippen molar-refractivity contribution in [1.29, 1.82) is 0 Å². The normalized spacial score (nSPS) is 13.8. The quantitative estimate of drug-likeness (QED) is 0.133. The van der Waals surface area contributed by atoms with Gasteiger partial charge in [0.05, 0.1) is 6.10 Å². The molecule has 0 saturated carbocycles. The zero-order valence-corrected chi connectivity index (χ0v) is 14.8. The number of carboxylic acids is 1. The van der Waals surface area contributed by atoms with Gasteiger partial charge in [-0.1, -0.05) is 94.4 Å². The number of rotatable bonds is 15. The number of carbonyl (C=O) groups is 1. The van der Waals surface area contributed by atoms with Crippen molar-refractivity contribution in [2.24, 2.45) is 0 Å². The number of allylic oxidation sites excluding steroid dienone is 6. The number of hydrogen-bond acceptors (Lipinski definition) is 3. The Labute approximate surface area is 146 Å². The van der Waals surface area contributed by atoms with E-state index in [1.54, 1.807) is 12.2 Å². The average Bonchev–Trinajstić information content (AvgIpc) is 2.57. The van der Waals surface area contributed by atoms with Crippen molar-refractivity contribution < 1.29 is 20.0 Å². The van der Waals surface area contributed by atoms with Crippen molar-refractivity contribution in [1.82, 2.24) is 0 Å². The van der Waals surface area contributed by atoms with Gasteiger partial charge in [0.25, 0.3) is 0 Å². The Hall–Kier alpha value is -1.65. The van der Waals surface area contributed by atoms with E-state index in [0.29, 0.717) is 6.42 Å². The highest BCUT2D eigenvalue weighted by atomic mass is 17.1. The van der Waals surface area contributed by atoms with Crippen LogP contribution in [0.4, 0.5) is 0 Å². The van der Waals surface area contributed by atoms with Crippen LogP contribution in [0.5, 0.6) is 0 Å². The highest BCUT2D eigenvalue weighted by Crippen LogP contribution is 2.13. The van der Waals surface area contributed by atoms with Crippen LogP contribution in [0.3, 0.4) is 0 Å². The van der Waals surface area contributed by atoms with E-state index in [1.807, 2.05) is 24.3 Å². The predicted octanol–water partition coefficient (Wildman–Crippen LogP) is 5.68. The average molecular weight is 336 g/mol. The van der Waals surface area contributed by atoms with E-state index in [-0.39, 0.29) is 6.10 Å². The number of aliphatic carboxylic acids is 1. The first kappa shape index (κ1) is 22.4. The molecule has 0 aromatic heterocycles. The van der Waals surface area contributed by atoms with Gasteiger partial charge in [0, 0.05) is 6.08 Å². The summed E-state index contributed by atoms with van der Waals surface area (Å²) in [5, 5.41) is 17.3. The van der Waals surface area contributed by atoms with E-state index in [0.717, 1.165) is 18.9 Å². The second-order valence-corrected chi connectivity index (χ2v) is 5.77. The molecule has 136 valence electrons. The lowest BCUT2D eigenvalue weighted by molar-refractivity contribution is -0.279. The van der Waals surface area contributed by atoms with E-state index in [2.05, 4.69) is 11.8 Å². The standard InChI is InChI=1S/C20H32O4/c1-2-3-4-5-7-10-13-16-19(24-23)17-14-11-8-6-9-12-15-18-20(21)22/h6,8-9,11-12,14-15,18-19,23H,2-5,7,10,13,16-17H2,1H3,(H,21,22)/t19-/m0/s1. The molecule has 1 atom stereocenters. The van der Waals surface area contributed by atoms with Crippen LogP contribution in [0.25, 0.3) is 0 Å². The molecular weight excluding hydrogens is 304 g/mol. The predicted molar refractivity (Wildman–Crippen MR) is 98.9 cm³/mol. The maximum atomic E-state index is 10.2. The van der Waals surface area contributed by atoms with Crippen molar-refractivity contribution in [2.45, 2.75) is 70.8 Å². The van der Waals surface area contributed by atoms with Crippen molar-refractivity contribution in [2.75, 3.05) is 0 Å². The van der Waals surface area contributed by atoms with Crippen molar-refractivity contribution >= 4 is 5.97 Å². The first-order valence-electron chi connectivity index (χ1n) is 8.90. The third-order valence-corrected chi connectivity index (χ3v) is 3.61. The molecule has 0 spiro atoms. The summed E-state index contributed by atoms with van der Waals surface area (Å²) >= 11 is 0. The summed E-state index contributed by atoms with van der Waals surface area (Å²) in [4.78, 5) is 14.8. The van der Waals surface area contributed by atoms with Gasteiger partial charge in [0.15, 0.2) is 0 Å². The summed E-state index contributed by atoms with van der Waals surface area (Å²) in [6.45, 7) is 2.22. The number of hydrogen-bond donors (Lipinski definition) is 2. The molecule has 0 bridgehead atoms. The maximum absolute atomic E-state index is 10.2. The van der Waals surface area contributed by atoms with Crippen molar-refractivity contribution in [3.63, 3.8) is 0 Å². The summed E-state index contributed by atoms with van der Waals surface area (Å²) < 4.78 is 0. The molecule has 0 unspecified atom stereocenters. The molecule has 0 aromatic rings. The van der Waals surface area contributed by atoms with Gasteiger partial charge in [-0.3, -0.25) is 5.26 Å². The van der Waals surface area contributed by atoms with E-state index >= 15 is 0 Å². The smallest absolute Gasteiger partial charge is 0.328 e. The fourth-order valence-corrected chi connectivity index (χ4v) is 2.25. The fraction of sp³-hybridized carbons (Fsp3) is 0.550. The molecule has 0 aliphatic rings. The summed E-state index contributed by atoms with van der Waals surface area (Å²) in [5.74, 6) is -0.959. The molecule has 0 amide bonds. The van der Waals surface area contributed by atoms with Crippen LogP contribution in [-0.2, 0) is 9.68 Å². The van der Waals surface area contributed by atoms with Crippen LogP contribution in [0.15, 0.2) is 48.6 Å². The molecule has 0 heterocycles. The lowest BCUT2D eigenvalue weighted by Crippen LogP contribution is -2.09. The topological polar surface area (TPSA) is 66.8 Å². The van der Waals surface area contributed by atoms with Gasteiger partial charge in [-0.2, -0.15) is 0 Å². The molecule has 2 N–H and O–H groups in total. The van der Waals surface area contributed by atoms with Crippen LogP contribution < -0.4 is 0 Å². The third kappa shape index (κ3) is 16.7. The highest BCUT2D eigenvalue weighted by Gasteiger charge is 2.06. The molecule has 0 rings (SSSR count). The second kappa shape index (κ2) is 17.7. The van der Waals surface area contributed by atoms with Crippen LogP contribution in [0.1, 0.15) is 64.7 Å². The summed E-state index contributed by atoms with van der Waals surface area (Å²) in [6.07, 6.45) is 23.6. The minimum absolute atomic E-state index is 0.140. The van der Waals surface area contributed by atoms with Gasteiger partial charge in [0.2, 0.25) is 0 Å². The Morgan fingerprint density at radius 1 is 0.917 bits per heavy atom. The van der Waals surface area contributed by atoms with Gasteiger partial charge in [-0.05, 0) is 12.8 Å². The molecule has 0 aromatic carbocycles. The SMILES string of the molecule is CCCCCCCCC[C@@H](CC=CC=CC=CC=CC(=O)O)OO. The Bertz CT molecular complexity index is 408. The molecule has 0 radical (unpaired) electrons. The molecule has 4 heteroatoms.